The molecule has 0 fully saturated rings. The highest BCUT2D eigenvalue weighted by atomic mass is 35.5. The van der Waals surface area contributed by atoms with Crippen LogP contribution >= 0.6 is 11.6 Å². The van der Waals surface area contributed by atoms with E-state index in [-0.39, 0.29) is 11.9 Å². The zero-order valence-electron chi connectivity index (χ0n) is 11.4. The van der Waals surface area contributed by atoms with Gasteiger partial charge in [-0.1, -0.05) is 41.9 Å². The number of halogens is 2. The predicted octanol–water partition coefficient (Wildman–Crippen LogP) is 4.20. The first kappa shape index (κ1) is 13.6. The fraction of sp³-hybridized carbons (Fsp3) is 0.294. The Morgan fingerprint density at radius 1 is 1.20 bits per heavy atom. The number of fused-ring (bicyclic) bond motifs is 1. The lowest BCUT2D eigenvalue weighted by Gasteiger charge is -2.21. The molecule has 2 aromatic rings. The SMILES string of the molecule is Cc1cc(C(N)C2Cc3ccccc3C2)c(Cl)cc1F. The Kier molecular flexibility index (Phi) is 3.53. The molecule has 3 heteroatoms. The highest BCUT2D eigenvalue weighted by Gasteiger charge is 2.28. The Morgan fingerprint density at radius 2 is 1.80 bits per heavy atom. The topological polar surface area (TPSA) is 26.0 Å². The molecule has 0 saturated carbocycles. The number of rotatable bonds is 2. The summed E-state index contributed by atoms with van der Waals surface area (Å²) in [7, 11) is 0. The highest BCUT2D eigenvalue weighted by molar-refractivity contribution is 6.31. The molecule has 0 amide bonds. The van der Waals surface area contributed by atoms with E-state index in [1.54, 1.807) is 13.0 Å². The molecule has 0 radical (unpaired) electrons. The van der Waals surface area contributed by atoms with E-state index < -0.39 is 0 Å². The van der Waals surface area contributed by atoms with E-state index in [1.807, 2.05) is 0 Å². The molecular formula is C17H17ClFN. The van der Waals surface area contributed by atoms with Gasteiger partial charge in [0, 0.05) is 11.1 Å². The van der Waals surface area contributed by atoms with Crippen LogP contribution in [0.2, 0.25) is 5.02 Å². The minimum Gasteiger partial charge on any atom is -0.324 e. The van der Waals surface area contributed by atoms with Crippen LogP contribution in [-0.2, 0) is 12.8 Å². The second kappa shape index (κ2) is 5.19. The van der Waals surface area contributed by atoms with E-state index in [0.717, 1.165) is 18.4 Å². The fourth-order valence-corrected chi connectivity index (χ4v) is 3.31. The van der Waals surface area contributed by atoms with Crippen LogP contribution in [0.25, 0.3) is 0 Å². The Balaban J connectivity index is 1.88. The van der Waals surface area contributed by atoms with E-state index in [2.05, 4.69) is 24.3 Å². The Labute approximate surface area is 123 Å². The third kappa shape index (κ3) is 2.34. The van der Waals surface area contributed by atoms with Crippen LogP contribution in [-0.4, -0.2) is 0 Å². The quantitative estimate of drug-likeness (QED) is 0.881. The Hall–Kier alpha value is -1.38. The van der Waals surface area contributed by atoms with Crippen molar-refractivity contribution in [1.29, 1.82) is 0 Å². The lowest BCUT2D eigenvalue weighted by Crippen LogP contribution is -2.22. The van der Waals surface area contributed by atoms with Crippen molar-refractivity contribution >= 4 is 11.6 Å². The van der Waals surface area contributed by atoms with Gasteiger partial charge >= 0.3 is 0 Å². The second-order valence-corrected chi connectivity index (χ2v) is 5.99. The number of nitrogens with two attached hydrogens (primary N) is 1. The van der Waals surface area contributed by atoms with Gasteiger partial charge in [0.2, 0.25) is 0 Å². The smallest absolute Gasteiger partial charge is 0.127 e. The molecule has 1 atom stereocenters. The van der Waals surface area contributed by atoms with Gasteiger partial charge in [0.1, 0.15) is 5.82 Å². The molecule has 1 aliphatic rings. The summed E-state index contributed by atoms with van der Waals surface area (Å²) in [6.07, 6.45) is 1.92. The minimum atomic E-state index is -0.277. The van der Waals surface area contributed by atoms with Crippen molar-refractivity contribution in [3.05, 3.63) is 69.5 Å². The third-order valence-corrected chi connectivity index (χ3v) is 4.55. The van der Waals surface area contributed by atoms with Crippen LogP contribution < -0.4 is 5.73 Å². The van der Waals surface area contributed by atoms with E-state index in [1.165, 1.54) is 17.2 Å². The van der Waals surface area contributed by atoms with E-state index in [0.29, 0.717) is 16.5 Å². The zero-order chi connectivity index (χ0) is 14.3. The summed E-state index contributed by atoms with van der Waals surface area (Å²) in [4.78, 5) is 0. The van der Waals surface area contributed by atoms with E-state index >= 15 is 0 Å². The molecule has 3 rings (SSSR count). The van der Waals surface area contributed by atoms with Crippen molar-refractivity contribution in [2.24, 2.45) is 11.7 Å². The lowest BCUT2D eigenvalue weighted by molar-refractivity contribution is 0.453. The first-order valence-electron chi connectivity index (χ1n) is 6.84. The first-order chi connectivity index (χ1) is 9.56. The van der Waals surface area contributed by atoms with Crippen molar-refractivity contribution in [1.82, 2.24) is 0 Å². The standard InChI is InChI=1S/C17H17ClFN/c1-10-6-14(15(18)9-16(10)19)17(20)13-7-11-4-2-3-5-12(11)8-13/h2-6,9,13,17H,7-8,20H2,1H3. The summed E-state index contributed by atoms with van der Waals surface area (Å²) in [6, 6.07) is 11.4. The first-order valence-corrected chi connectivity index (χ1v) is 7.22. The molecule has 104 valence electrons. The molecule has 2 aromatic carbocycles. The van der Waals surface area contributed by atoms with Gasteiger partial charge in [-0.3, -0.25) is 0 Å². The van der Waals surface area contributed by atoms with Crippen molar-refractivity contribution in [2.45, 2.75) is 25.8 Å². The summed E-state index contributed by atoms with van der Waals surface area (Å²) in [5, 5.41) is 0.427. The average molecular weight is 290 g/mol. The molecule has 0 aromatic heterocycles. The highest BCUT2D eigenvalue weighted by Crippen LogP contribution is 2.36. The van der Waals surface area contributed by atoms with Gasteiger partial charge in [0.25, 0.3) is 0 Å². The van der Waals surface area contributed by atoms with Crippen molar-refractivity contribution in [3.63, 3.8) is 0 Å². The summed E-state index contributed by atoms with van der Waals surface area (Å²) < 4.78 is 13.5. The molecular weight excluding hydrogens is 273 g/mol. The third-order valence-electron chi connectivity index (χ3n) is 4.23. The van der Waals surface area contributed by atoms with E-state index in [9.17, 15) is 4.39 Å². The molecule has 1 nitrogen and oxygen atoms in total. The molecule has 0 bridgehead atoms. The molecule has 2 N–H and O–H groups in total. The van der Waals surface area contributed by atoms with Gasteiger partial charge in [-0.25, -0.2) is 4.39 Å². The molecule has 1 aliphatic carbocycles. The van der Waals surface area contributed by atoms with Gasteiger partial charge in [-0.15, -0.1) is 0 Å². The van der Waals surface area contributed by atoms with Crippen LogP contribution in [0.15, 0.2) is 36.4 Å². The van der Waals surface area contributed by atoms with Gasteiger partial charge in [-0.05, 0) is 54.0 Å². The van der Waals surface area contributed by atoms with Gasteiger partial charge < -0.3 is 5.73 Å². The summed E-state index contributed by atoms with van der Waals surface area (Å²) in [6.45, 7) is 1.74. The number of hydrogen-bond donors (Lipinski definition) is 1. The van der Waals surface area contributed by atoms with Crippen LogP contribution in [0.3, 0.4) is 0 Å². The monoisotopic (exact) mass is 289 g/mol. The van der Waals surface area contributed by atoms with Crippen molar-refractivity contribution in [3.8, 4) is 0 Å². The molecule has 0 heterocycles. The van der Waals surface area contributed by atoms with Crippen molar-refractivity contribution in [2.75, 3.05) is 0 Å². The van der Waals surface area contributed by atoms with Gasteiger partial charge in [-0.2, -0.15) is 0 Å². The molecule has 0 saturated heterocycles. The van der Waals surface area contributed by atoms with Crippen LogP contribution in [0.4, 0.5) is 4.39 Å². The maximum atomic E-state index is 13.5. The Morgan fingerprint density at radius 3 is 2.40 bits per heavy atom. The maximum absolute atomic E-state index is 13.5. The number of benzene rings is 2. The molecule has 0 spiro atoms. The van der Waals surface area contributed by atoms with Crippen LogP contribution in [0.5, 0.6) is 0 Å². The molecule has 1 unspecified atom stereocenters. The minimum absolute atomic E-state index is 0.158. The average Bonchev–Trinajstić information content (AvgIpc) is 2.86. The predicted molar refractivity (Wildman–Crippen MR) is 80.4 cm³/mol. The molecule has 0 aliphatic heterocycles. The lowest BCUT2D eigenvalue weighted by atomic mass is 9.90. The molecule has 20 heavy (non-hydrogen) atoms. The summed E-state index contributed by atoms with van der Waals surface area (Å²) in [5.74, 6) is 0.0513. The van der Waals surface area contributed by atoms with Gasteiger partial charge in [0.15, 0.2) is 0 Å². The van der Waals surface area contributed by atoms with E-state index in [4.69, 9.17) is 17.3 Å². The second-order valence-electron chi connectivity index (χ2n) is 5.59. The number of hydrogen-bond acceptors (Lipinski definition) is 1. The number of aryl methyl sites for hydroxylation is 1. The van der Waals surface area contributed by atoms with Crippen LogP contribution in [0.1, 0.15) is 28.3 Å². The maximum Gasteiger partial charge on any atom is 0.127 e. The fourth-order valence-electron chi connectivity index (χ4n) is 3.04. The largest absolute Gasteiger partial charge is 0.324 e. The summed E-state index contributed by atoms with van der Waals surface area (Å²) in [5.41, 5.74) is 10.6. The summed E-state index contributed by atoms with van der Waals surface area (Å²) >= 11 is 6.17. The Bertz CT molecular complexity index is 628. The van der Waals surface area contributed by atoms with Gasteiger partial charge in [0.05, 0.1) is 0 Å². The van der Waals surface area contributed by atoms with Crippen molar-refractivity contribution < 1.29 is 4.39 Å². The van der Waals surface area contributed by atoms with Crippen LogP contribution in [0, 0.1) is 18.7 Å². The normalized spacial score (nSPS) is 16.2. The zero-order valence-corrected chi connectivity index (χ0v) is 12.1.